The first-order valence-electron chi connectivity index (χ1n) is 27.0. The molecule has 2 unspecified atom stereocenters. The second-order valence-electron chi connectivity index (χ2n) is 23.3. The Balaban J connectivity index is 0.790. The molecule has 0 aliphatic carbocycles. The highest BCUT2D eigenvalue weighted by Gasteiger charge is 2.32. The van der Waals surface area contributed by atoms with Crippen LogP contribution < -0.4 is 19.8 Å². The number of hydrogen-bond acceptors (Lipinski definition) is 10. The van der Waals surface area contributed by atoms with Gasteiger partial charge in [0, 0.05) is 63.5 Å². The highest BCUT2D eigenvalue weighted by Crippen LogP contribution is 2.41. The number of aromatic nitrogens is 2. The average molecular weight is 1030 g/mol. The maximum absolute atomic E-state index is 6.26. The fourth-order valence-electron chi connectivity index (χ4n) is 10.6. The van der Waals surface area contributed by atoms with Gasteiger partial charge in [0.2, 0.25) is 11.8 Å². The molecule has 2 aliphatic heterocycles. The van der Waals surface area contributed by atoms with Crippen molar-refractivity contribution >= 4 is 56.4 Å². The molecule has 2 aromatic heterocycles. The minimum atomic E-state index is 0.0163. The number of anilines is 4. The molecule has 10 nitrogen and oxygen atoms in total. The number of benzene rings is 8. The zero-order valence-corrected chi connectivity index (χ0v) is 46.3. The highest BCUT2D eigenvalue weighted by atomic mass is 16.4. The standard InChI is InChI=1S/C68H66N8O2/c1-67(2,3)51-27-37-63-59(39-51)69-65(77-63)49-23-33-55(34-24-49)75-61(47-19-29-53(30-20-47)73(7)8)41-57(71-75)45-15-11-43(12-16-45)44-13-17-46(18-14-44)58-42-62(48-21-31-54(32-22-48)74(9)10)76(72-58)56-35-25-50(26-36-56)66-70-60-40-52(68(4,5)6)28-38-64(60)78-66/h11-40,61-62H,41-42H2,1-10H3. The zero-order valence-electron chi connectivity index (χ0n) is 46.3. The van der Waals surface area contributed by atoms with E-state index >= 15 is 0 Å². The molecule has 10 aromatic rings. The zero-order chi connectivity index (χ0) is 54.0. The van der Waals surface area contributed by atoms with E-state index in [4.69, 9.17) is 29.0 Å². The Bertz CT molecular complexity index is 3600. The molecule has 0 N–H and O–H groups in total. The first kappa shape index (κ1) is 50.1. The van der Waals surface area contributed by atoms with E-state index in [1.54, 1.807) is 0 Å². The van der Waals surface area contributed by atoms with Gasteiger partial charge in [-0.2, -0.15) is 10.2 Å². The quantitative estimate of drug-likeness (QED) is 0.127. The Morgan fingerprint density at radius 2 is 0.731 bits per heavy atom. The molecular formula is C68H66N8O2. The third kappa shape index (κ3) is 9.83. The molecule has 390 valence electrons. The normalized spacial score (nSPS) is 15.8. The summed E-state index contributed by atoms with van der Waals surface area (Å²) < 4.78 is 12.5. The number of hydrazone groups is 2. The van der Waals surface area contributed by atoms with Gasteiger partial charge in [-0.25, -0.2) is 9.97 Å². The number of hydrogen-bond donors (Lipinski definition) is 0. The van der Waals surface area contributed by atoms with Crippen LogP contribution in [0.15, 0.2) is 201 Å². The van der Waals surface area contributed by atoms with Crippen LogP contribution in [0, 0.1) is 0 Å². The Labute approximate surface area is 458 Å². The van der Waals surface area contributed by atoms with E-state index in [-0.39, 0.29) is 22.9 Å². The highest BCUT2D eigenvalue weighted by molar-refractivity contribution is 6.05. The molecule has 8 aromatic carbocycles. The van der Waals surface area contributed by atoms with Gasteiger partial charge in [-0.1, -0.05) is 126 Å². The van der Waals surface area contributed by atoms with E-state index in [0.717, 1.165) is 103 Å². The van der Waals surface area contributed by atoms with Gasteiger partial charge in [0.05, 0.1) is 34.9 Å². The van der Waals surface area contributed by atoms with Crippen LogP contribution in [0.1, 0.15) is 99.8 Å². The van der Waals surface area contributed by atoms with E-state index < -0.39 is 0 Å². The van der Waals surface area contributed by atoms with E-state index in [0.29, 0.717) is 11.8 Å². The molecule has 0 spiro atoms. The molecule has 12 rings (SSSR count). The van der Waals surface area contributed by atoms with Gasteiger partial charge in [-0.3, -0.25) is 10.0 Å². The Morgan fingerprint density at radius 3 is 1.06 bits per heavy atom. The Hall–Kier alpha value is -8.76. The van der Waals surface area contributed by atoms with Crippen molar-refractivity contribution in [1.82, 2.24) is 9.97 Å². The first-order chi connectivity index (χ1) is 37.5. The van der Waals surface area contributed by atoms with Gasteiger partial charge in [-0.05, 0) is 152 Å². The molecule has 0 saturated heterocycles. The van der Waals surface area contributed by atoms with Crippen LogP contribution in [-0.2, 0) is 10.8 Å². The van der Waals surface area contributed by atoms with Crippen molar-refractivity contribution in [3.63, 3.8) is 0 Å². The molecule has 2 atom stereocenters. The van der Waals surface area contributed by atoms with Gasteiger partial charge in [-0.15, -0.1) is 0 Å². The van der Waals surface area contributed by atoms with E-state index in [1.807, 2.05) is 12.1 Å². The van der Waals surface area contributed by atoms with Crippen molar-refractivity contribution in [2.45, 2.75) is 77.3 Å². The fourth-order valence-corrected chi connectivity index (χ4v) is 10.6. The largest absolute Gasteiger partial charge is 0.436 e. The van der Waals surface area contributed by atoms with Gasteiger partial charge in [0.1, 0.15) is 11.0 Å². The van der Waals surface area contributed by atoms with Crippen LogP contribution in [0.25, 0.3) is 56.2 Å². The van der Waals surface area contributed by atoms with Gasteiger partial charge >= 0.3 is 0 Å². The summed E-state index contributed by atoms with van der Waals surface area (Å²) in [4.78, 5) is 14.1. The Morgan fingerprint density at radius 1 is 0.397 bits per heavy atom. The predicted octanol–water partition coefficient (Wildman–Crippen LogP) is 16.4. The smallest absolute Gasteiger partial charge is 0.227 e. The summed E-state index contributed by atoms with van der Waals surface area (Å²) in [5.41, 5.74) is 21.0. The summed E-state index contributed by atoms with van der Waals surface area (Å²) in [6.45, 7) is 13.3. The number of rotatable bonds is 11. The summed E-state index contributed by atoms with van der Waals surface area (Å²) in [5.74, 6) is 1.22. The number of fused-ring (bicyclic) bond motifs is 2. The molecule has 10 heteroatoms. The average Bonchev–Trinajstić information content (AvgIpc) is 4.34. The molecule has 2 aliphatic rings. The summed E-state index contributed by atoms with van der Waals surface area (Å²) in [5, 5.41) is 15.0. The summed E-state index contributed by atoms with van der Waals surface area (Å²) in [6, 6.07) is 64.9. The number of oxazole rings is 2. The van der Waals surface area contributed by atoms with Crippen molar-refractivity contribution < 1.29 is 8.83 Å². The molecule has 0 fully saturated rings. The lowest BCUT2D eigenvalue weighted by molar-refractivity contribution is 0.589. The van der Waals surface area contributed by atoms with Crippen LogP contribution in [0.2, 0.25) is 0 Å². The first-order valence-corrected chi connectivity index (χ1v) is 27.0. The summed E-state index contributed by atoms with van der Waals surface area (Å²) in [6.07, 6.45) is 1.53. The maximum atomic E-state index is 6.26. The van der Waals surface area contributed by atoms with Gasteiger partial charge < -0.3 is 18.6 Å². The van der Waals surface area contributed by atoms with Crippen molar-refractivity contribution in [1.29, 1.82) is 0 Å². The monoisotopic (exact) mass is 1030 g/mol. The molecule has 0 radical (unpaired) electrons. The molecule has 0 amide bonds. The minimum Gasteiger partial charge on any atom is -0.436 e. The van der Waals surface area contributed by atoms with E-state index in [1.165, 1.54) is 22.3 Å². The lowest BCUT2D eigenvalue weighted by Gasteiger charge is -2.24. The predicted molar refractivity (Wildman–Crippen MR) is 322 cm³/mol. The third-order valence-corrected chi connectivity index (χ3v) is 15.4. The maximum Gasteiger partial charge on any atom is 0.227 e. The fraction of sp³-hybridized carbons (Fsp3) is 0.235. The van der Waals surface area contributed by atoms with E-state index in [2.05, 4.69) is 259 Å². The lowest BCUT2D eigenvalue weighted by atomic mass is 9.87. The third-order valence-electron chi connectivity index (χ3n) is 15.4. The SMILES string of the molecule is CN(C)c1ccc(C2CC(c3ccc(-c4ccc(C5=NN(c6ccc(-c7nc8cc(C(C)(C)C)ccc8o7)cc6)C(c6ccc(N(C)C)cc6)C5)cc4)cc3)=NN2c2ccc(-c3nc4cc(C(C)(C)C)ccc4o3)cc2)cc1. The van der Waals surface area contributed by atoms with Crippen LogP contribution in [0.5, 0.6) is 0 Å². The second kappa shape index (κ2) is 19.7. The van der Waals surface area contributed by atoms with Gasteiger partial charge in [0.25, 0.3) is 0 Å². The molecule has 4 heterocycles. The van der Waals surface area contributed by atoms with Crippen LogP contribution in [0.4, 0.5) is 22.7 Å². The number of nitrogens with zero attached hydrogens (tertiary/aromatic N) is 8. The molecular weight excluding hydrogens is 961 g/mol. The van der Waals surface area contributed by atoms with Crippen molar-refractivity contribution in [2.75, 3.05) is 48.0 Å². The van der Waals surface area contributed by atoms with Gasteiger partial charge in [0.15, 0.2) is 11.2 Å². The summed E-state index contributed by atoms with van der Waals surface area (Å²) >= 11 is 0. The minimum absolute atomic E-state index is 0.0163. The van der Waals surface area contributed by atoms with Crippen LogP contribution >= 0.6 is 0 Å². The molecule has 0 saturated carbocycles. The summed E-state index contributed by atoms with van der Waals surface area (Å²) in [7, 11) is 8.29. The van der Waals surface area contributed by atoms with Crippen molar-refractivity contribution in [3.05, 3.63) is 215 Å². The lowest BCUT2D eigenvalue weighted by Crippen LogP contribution is -2.18. The molecule has 78 heavy (non-hydrogen) atoms. The second-order valence-corrected chi connectivity index (χ2v) is 23.3. The van der Waals surface area contributed by atoms with E-state index in [9.17, 15) is 0 Å². The van der Waals surface area contributed by atoms with Crippen molar-refractivity contribution in [3.8, 4) is 34.0 Å². The van der Waals surface area contributed by atoms with Crippen LogP contribution in [0.3, 0.4) is 0 Å². The van der Waals surface area contributed by atoms with Crippen molar-refractivity contribution in [2.24, 2.45) is 10.2 Å². The Kier molecular flexibility index (Phi) is 12.6. The van der Waals surface area contributed by atoms with Crippen LogP contribution in [-0.4, -0.2) is 49.6 Å². The topological polar surface area (TPSA) is 89.7 Å². The molecule has 0 bridgehead atoms.